The summed E-state index contributed by atoms with van der Waals surface area (Å²) in [4.78, 5) is 0. The summed E-state index contributed by atoms with van der Waals surface area (Å²) in [6.07, 6.45) is 7.46. The van der Waals surface area contributed by atoms with Gasteiger partial charge in [-0.3, -0.25) is 0 Å². The van der Waals surface area contributed by atoms with Crippen LogP contribution in [0.4, 0.5) is 23.2 Å². The van der Waals surface area contributed by atoms with Crippen LogP contribution in [-0.2, 0) is 0 Å². The van der Waals surface area contributed by atoms with Gasteiger partial charge in [0, 0.05) is 12.1 Å². The molecule has 1 N–H and O–H groups in total. The Kier molecular flexibility index (Phi) is 4.09. The second-order valence-electron chi connectivity index (χ2n) is 6.30. The van der Waals surface area contributed by atoms with E-state index in [1.54, 1.807) is 0 Å². The highest BCUT2D eigenvalue weighted by Gasteiger charge is 2.33. The Morgan fingerprint density at radius 2 is 1.43 bits per heavy atom. The highest BCUT2D eigenvalue weighted by molar-refractivity contribution is 5.48. The van der Waals surface area contributed by atoms with E-state index in [-0.39, 0.29) is 12.1 Å². The minimum absolute atomic E-state index is 0.116. The van der Waals surface area contributed by atoms with E-state index in [4.69, 9.17) is 0 Å². The topological polar surface area (TPSA) is 12.0 Å². The van der Waals surface area contributed by atoms with Gasteiger partial charge in [-0.15, -0.1) is 0 Å². The maximum atomic E-state index is 13.7. The number of anilines is 1. The molecular weight excluding hydrogens is 282 g/mol. The van der Waals surface area contributed by atoms with E-state index in [9.17, 15) is 17.6 Å². The Morgan fingerprint density at radius 3 is 2.10 bits per heavy atom. The van der Waals surface area contributed by atoms with Crippen molar-refractivity contribution in [1.82, 2.24) is 0 Å². The highest BCUT2D eigenvalue weighted by Crippen LogP contribution is 2.41. The largest absolute Gasteiger partial charge is 0.377 e. The van der Waals surface area contributed by atoms with Crippen LogP contribution in [0.5, 0.6) is 0 Å². The molecule has 2 fully saturated rings. The molecule has 3 rings (SSSR count). The van der Waals surface area contributed by atoms with Crippen molar-refractivity contribution >= 4 is 5.69 Å². The van der Waals surface area contributed by atoms with Crippen LogP contribution in [-0.4, -0.2) is 6.04 Å². The third-order valence-corrected chi connectivity index (χ3v) is 5.00. The zero-order valence-corrected chi connectivity index (χ0v) is 11.8. The molecule has 0 saturated heterocycles. The second-order valence-corrected chi connectivity index (χ2v) is 6.30. The minimum atomic E-state index is -1.36. The van der Waals surface area contributed by atoms with Crippen LogP contribution in [0.25, 0.3) is 0 Å². The van der Waals surface area contributed by atoms with Crippen molar-refractivity contribution in [1.29, 1.82) is 0 Å². The summed E-state index contributed by atoms with van der Waals surface area (Å²) in [6.45, 7) is 0. The molecule has 2 aliphatic rings. The molecule has 0 aliphatic heterocycles. The van der Waals surface area contributed by atoms with Gasteiger partial charge in [-0.05, 0) is 31.1 Å². The zero-order valence-electron chi connectivity index (χ0n) is 11.8. The number of nitrogens with one attached hydrogen (secondary N) is 1. The first-order chi connectivity index (χ1) is 10.1. The van der Waals surface area contributed by atoms with Gasteiger partial charge < -0.3 is 5.32 Å². The standard InChI is InChI=1S/C16H19F4N/c17-12-8-13(18)15(20)16(14(12)19)21-11-6-5-9-3-1-2-4-10(9)7-11/h8-11,21H,1-7H2. The summed E-state index contributed by atoms with van der Waals surface area (Å²) in [6, 6.07) is 0.128. The van der Waals surface area contributed by atoms with Crippen LogP contribution in [0.15, 0.2) is 6.07 Å². The first kappa shape index (κ1) is 14.7. The Bertz CT molecular complexity index is 505. The molecule has 0 amide bonds. The Morgan fingerprint density at radius 1 is 0.810 bits per heavy atom. The molecule has 1 aromatic rings. The fraction of sp³-hybridized carbons (Fsp3) is 0.625. The first-order valence-corrected chi connectivity index (χ1v) is 7.65. The van der Waals surface area contributed by atoms with Crippen molar-refractivity contribution in [3.8, 4) is 0 Å². The highest BCUT2D eigenvalue weighted by atomic mass is 19.2. The zero-order chi connectivity index (χ0) is 15.0. The van der Waals surface area contributed by atoms with Gasteiger partial charge in [0.25, 0.3) is 0 Å². The molecule has 1 nitrogen and oxygen atoms in total. The Hall–Kier alpha value is -1.26. The monoisotopic (exact) mass is 301 g/mol. The molecule has 21 heavy (non-hydrogen) atoms. The lowest BCUT2D eigenvalue weighted by Crippen LogP contribution is -2.35. The normalized spacial score (nSPS) is 29.0. The van der Waals surface area contributed by atoms with E-state index in [0.717, 1.165) is 25.7 Å². The van der Waals surface area contributed by atoms with Crippen molar-refractivity contribution < 1.29 is 17.6 Å². The quantitative estimate of drug-likeness (QED) is 0.598. The molecule has 0 bridgehead atoms. The fourth-order valence-corrected chi connectivity index (χ4v) is 3.91. The molecule has 3 atom stereocenters. The van der Waals surface area contributed by atoms with Gasteiger partial charge in [-0.2, -0.15) is 0 Å². The average Bonchev–Trinajstić information content (AvgIpc) is 2.49. The van der Waals surface area contributed by atoms with Gasteiger partial charge in [0.1, 0.15) is 5.69 Å². The molecular formula is C16H19F4N. The number of benzene rings is 1. The fourth-order valence-electron chi connectivity index (χ4n) is 3.91. The summed E-state index contributed by atoms with van der Waals surface area (Å²) in [5.41, 5.74) is -0.660. The molecule has 0 heterocycles. The third kappa shape index (κ3) is 2.87. The minimum Gasteiger partial charge on any atom is -0.377 e. The van der Waals surface area contributed by atoms with E-state index in [1.807, 2.05) is 0 Å². The predicted octanol–water partition coefficient (Wildman–Crippen LogP) is 5.01. The van der Waals surface area contributed by atoms with Crippen LogP contribution in [0.1, 0.15) is 44.9 Å². The molecule has 3 unspecified atom stereocenters. The van der Waals surface area contributed by atoms with E-state index < -0.39 is 29.0 Å². The van der Waals surface area contributed by atoms with Crippen LogP contribution in [0.2, 0.25) is 0 Å². The van der Waals surface area contributed by atoms with Gasteiger partial charge >= 0.3 is 0 Å². The molecule has 2 saturated carbocycles. The van der Waals surface area contributed by atoms with Crippen molar-refractivity contribution in [2.24, 2.45) is 11.8 Å². The first-order valence-electron chi connectivity index (χ1n) is 7.65. The summed E-state index contributed by atoms with van der Waals surface area (Å²) >= 11 is 0. The van der Waals surface area contributed by atoms with Gasteiger partial charge in [0.2, 0.25) is 0 Å². The van der Waals surface area contributed by atoms with Gasteiger partial charge in [0.05, 0.1) is 0 Å². The Labute approximate surface area is 121 Å². The number of rotatable bonds is 2. The summed E-state index contributed by atoms with van der Waals surface area (Å²) < 4.78 is 53.8. The molecule has 116 valence electrons. The van der Waals surface area contributed by atoms with Crippen molar-refractivity contribution in [2.75, 3.05) is 5.32 Å². The number of hydrogen-bond donors (Lipinski definition) is 1. The lowest BCUT2D eigenvalue weighted by atomic mass is 9.69. The Balaban J connectivity index is 1.75. The molecule has 1 aromatic carbocycles. The average molecular weight is 301 g/mol. The summed E-state index contributed by atoms with van der Waals surface area (Å²) in [5.74, 6) is -4.12. The van der Waals surface area contributed by atoms with Crippen molar-refractivity contribution in [3.63, 3.8) is 0 Å². The molecule has 0 aromatic heterocycles. The summed E-state index contributed by atoms with van der Waals surface area (Å²) in [7, 11) is 0. The molecule has 5 heteroatoms. The molecule has 2 aliphatic carbocycles. The lowest BCUT2D eigenvalue weighted by Gasteiger charge is -2.39. The van der Waals surface area contributed by atoms with E-state index in [1.165, 1.54) is 19.3 Å². The predicted molar refractivity (Wildman–Crippen MR) is 73.0 cm³/mol. The number of fused-ring (bicyclic) bond motifs is 1. The third-order valence-electron chi connectivity index (χ3n) is 5.00. The maximum Gasteiger partial charge on any atom is 0.185 e. The van der Waals surface area contributed by atoms with Gasteiger partial charge in [0.15, 0.2) is 23.3 Å². The SMILES string of the molecule is Fc1cc(F)c(F)c(NC2CCC3CCCCC3C2)c1F. The molecule has 0 spiro atoms. The van der Waals surface area contributed by atoms with E-state index in [2.05, 4.69) is 5.32 Å². The van der Waals surface area contributed by atoms with Crippen LogP contribution in [0, 0.1) is 35.1 Å². The van der Waals surface area contributed by atoms with Crippen LogP contribution >= 0.6 is 0 Å². The molecule has 0 radical (unpaired) electrons. The van der Waals surface area contributed by atoms with Gasteiger partial charge in [-0.25, -0.2) is 17.6 Å². The van der Waals surface area contributed by atoms with Crippen LogP contribution < -0.4 is 5.32 Å². The van der Waals surface area contributed by atoms with Crippen LogP contribution in [0.3, 0.4) is 0 Å². The summed E-state index contributed by atoms with van der Waals surface area (Å²) in [5, 5.41) is 2.70. The van der Waals surface area contributed by atoms with Crippen molar-refractivity contribution in [3.05, 3.63) is 29.3 Å². The smallest absolute Gasteiger partial charge is 0.185 e. The maximum absolute atomic E-state index is 13.7. The van der Waals surface area contributed by atoms with Gasteiger partial charge in [-0.1, -0.05) is 25.7 Å². The second kappa shape index (κ2) is 5.85. The van der Waals surface area contributed by atoms with Crippen molar-refractivity contribution in [2.45, 2.75) is 51.0 Å². The van der Waals surface area contributed by atoms with E-state index in [0.29, 0.717) is 11.8 Å². The number of halogens is 4. The number of hydrogen-bond acceptors (Lipinski definition) is 1. The van der Waals surface area contributed by atoms with E-state index >= 15 is 0 Å². The lowest BCUT2D eigenvalue weighted by molar-refractivity contribution is 0.162.